The van der Waals surface area contributed by atoms with Gasteiger partial charge in [0.25, 0.3) is 0 Å². The van der Waals surface area contributed by atoms with Gasteiger partial charge < -0.3 is 9.84 Å². The highest BCUT2D eigenvalue weighted by atomic mass is 16.5. The molecule has 3 heteroatoms. The molecule has 0 fully saturated rings. The largest absolute Gasteiger partial charge is 0.493 e. The number of fused-ring (bicyclic) bond motifs is 1. The van der Waals surface area contributed by atoms with Crippen molar-refractivity contribution in [2.24, 2.45) is 0 Å². The van der Waals surface area contributed by atoms with Gasteiger partial charge in [-0.15, -0.1) is 0 Å². The Morgan fingerprint density at radius 1 is 1.28 bits per heavy atom. The summed E-state index contributed by atoms with van der Waals surface area (Å²) in [5.41, 5.74) is 0.264. The summed E-state index contributed by atoms with van der Waals surface area (Å²) >= 11 is 0. The van der Waals surface area contributed by atoms with Crippen LogP contribution in [0.1, 0.15) is 30.1 Å². The van der Waals surface area contributed by atoms with Gasteiger partial charge in [0.1, 0.15) is 5.75 Å². The summed E-state index contributed by atoms with van der Waals surface area (Å²) in [6.07, 6.45) is 2.02. The molecule has 2 aromatic rings. The van der Waals surface area contributed by atoms with Gasteiger partial charge in [-0.3, -0.25) is 0 Å². The van der Waals surface area contributed by atoms with Gasteiger partial charge in [-0.2, -0.15) is 0 Å². The average Bonchev–Trinajstić information content (AvgIpc) is 2.38. The van der Waals surface area contributed by atoms with E-state index in [0.717, 1.165) is 23.6 Å². The van der Waals surface area contributed by atoms with Crippen molar-refractivity contribution in [1.29, 1.82) is 0 Å². The van der Waals surface area contributed by atoms with E-state index in [-0.39, 0.29) is 5.56 Å². The molecule has 1 N–H and O–H groups in total. The van der Waals surface area contributed by atoms with Crippen molar-refractivity contribution in [3.63, 3.8) is 0 Å². The second kappa shape index (κ2) is 5.54. The molecule has 0 heterocycles. The standard InChI is InChI=1S/C15H16O3/c1-2-3-8-18-14-10-12(15(16)17)9-11-6-4-5-7-13(11)14/h4-7,9-10H,2-3,8H2,1H3,(H,16,17). The molecule has 0 bridgehead atoms. The Labute approximate surface area is 106 Å². The van der Waals surface area contributed by atoms with Gasteiger partial charge in [0, 0.05) is 5.39 Å². The van der Waals surface area contributed by atoms with E-state index < -0.39 is 5.97 Å². The van der Waals surface area contributed by atoms with Crippen molar-refractivity contribution in [1.82, 2.24) is 0 Å². The van der Waals surface area contributed by atoms with Crippen molar-refractivity contribution in [2.75, 3.05) is 6.61 Å². The van der Waals surface area contributed by atoms with Crippen LogP contribution in [-0.2, 0) is 0 Å². The van der Waals surface area contributed by atoms with Crippen LogP contribution < -0.4 is 4.74 Å². The number of carboxylic acid groups (broad SMARTS) is 1. The molecule has 0 unspecified atom stereocenters. The predicted molar refractivity (Wildman–Crippen MR) is 71.3 cm³/mol. The fraction of sp³-hybridized carbons (Fsp3) is 0.267. The van der Waals surface area contributed by atoms with E-state index in [1.165, 1.54) is 0 Å². The van der Waals surface area contributed by atoms with Gasteiger partial charge in [-0.05, 0) is 23.9 Å². The third-order valence-electron chi connectivity index (χ3n) is 2.83. The van der Waals surface area contributed by atoms with Crippen LogP contribution in [0, 0.1) is 0 Å². The summed E-state index contributed by atoms with van der Waals surface area (Å²) in [6, 6.07) is 10.9. The van der Waals surface area contributed by atoms with Crippen LogP contribution in [0.2, 0.25) is 0 Å². The lowest BCUT2D eigenvalue weighted by Gasteiger charge is -2.10. The Kier molecular flexibility index (Phi) is 3.82. The molecule has 2 rings (SSSR count). The molecule has 0 spiro atoms. The Bertz CT molecular complexity index is 561. The van der Waals surface area contributed by atoms with E-state index in [9.17, 15) is 4.79 Å². The lowest BCUT2D eigenvalue weighted by Crippen LogP contribution is -2.01. The maximum atomic E-state index is 11.1. The van der Waals surface area contributed by atoms with Crippen molar-refractivity contribution >= 4 is 16.7 Å². The molecular formula is C15H16O3. The number of carbonyl (C=O) groups is 1. The summed E-state index contributed by atoms with van der Waals surface area (Å²) in [4.78, 5) is 11.1. The van der Waals surface area contributed by atoms with Gasteiger partial charge in [-0.25, -0.2) is 4.79 Å². The lowest BCUT2D eigenvalue weighted by molar-refractivity contribution is 0.0696. The van der Waals surface area contributed by atoms with Gasteiger partial charge in [-0.1, -0.05) is 37.6 Å². The van der Waals surface area contributed by atoms with Gasteiger partial charge in [0.05, 0.1) is 12.2 Å². The Morgan fingerprint density at radius 3 is 2.78 bits per heavy atom. The molecule has 0 saturated heterocycles. The second-order valence-corrected chi connectivity index (χ2v) is 4.20. The molecule has 0 atom stereocenters. The fourth-order valence-electron chi connectivity index (χ4n) is 1.84. The van der Waals surface area contributed by atoms with Crippen molar-refractivity contribution < 1.29 is 14.6 Å². The summed E-state index contributed by atoms with van der Waals surface area (Å²) in [7, 11) is 0. The maximum Gasteiger partial charge on any atom is 0.335 e. The molecule has 0 saturated carbocycles. The normalized spacial score (nSPS) is 10.5. The number of aromatic carboxylic acids is 1. The van der Waals surface area contributed by atoms with Crippen molar-refractivity contribution in [2.45, 2.75) is 19.8 Å². The van der Waals surface area contributed by atoms with E-state index >= 15 is 0 Å². The number of unbranched alkanes of at least 4 members (excludes halogenated alkanes) is 1. The van der Waals surface area contributed by atoms with E-state index in [1.807, 2.05) is 24.3 Å². The summed E-state index contributed by atoms with van der Waals surface area (Å²) < 4.78 is 5.69. The smallest absolute Gasteiger partial charge is 0.335 e. The van der Waals surface area contributed by atoms with Crippen molar-refractivity contribution in [3.05, 3.63) is 42.0 Å². The molecule has 0 aliphatic carbocycles. The van der Waals surface area contributed by atoms with E-state index in [4.69, 9.17) is 9.84 Å². The van der Waals surface area contributed by atoms with Gasteiger partial charge in [0.15, 0.2) is 0 Å². The Morgan fingerprint density at radius 2 is 2.06 bits per heavy atom. The molecule has 0 aromatic heterocycles. The van der Waals surface area contributed by atoms with E-state index in [2.05, 4.69) is 6.92 Å². The summed E-state index contributed by atoms with van der Waals surface area (Å²) in [5, 5.41) is 10.9. The molecule has 0 radical (unpaired) electrons. The molecule has 94 valence electrons. The van der Waals surface area contributed by atoms with Crippen LogP contribution in [0.3, 0.4) is 0 Å². The molecule has 0 aliphatic heterocycles. The minimum atomic E-state index is -0.930. The number of benzene rings is 2. The molecule has 0 amide bonds. The first-order valence-corrected chi connectivity index (χ1v) is 6.11. The lowest BCUT2D eigenvalue weighted by atomic mass is 10.1. The van der Waals surface area contributed by atoms with Gasteiger partial charge in [0.2, 0.25) is 0 Å². The first kappa shape index (κ1) is 12.4. The van der Waals surface area contributed by atoms with Crippen LogP contribution >= 0.6 is 0 Å². The third-order valence-corrected chi connectivity index (χ3v) is 2.83. The minimum absolute atomic E-state index is 0.264. The van der Waals surface area contributed by atoms with Crippen LogP contribution in [0.5, 0.6) is 5.75 Å². The summed E-state index contributed by atoms with van der Waals surface area (Å²) in [6.45, 7) is 2.71. The SMILES string of the molecule is CCCCOc1cc(C(=O)O)cc2ccccc12. The molecule has 0 aliphatic rings. The minimum Gasteiger partial charge on any atom is -0.493 e. The molecule has 18 heavy (non-hydrogen) atoms. The third kappa shape index (κ3) is 2.62. The highest BCUT2D eigenvalue weighted by molar-refractivity contribution is 5.97. The Balaban J connectivity index is 2.43. The Hall–Kier alpha value is -2.03. The van der Waals surface area contributed by atoms with E-state index in [1.54, 1.807) is 12.1 Å². The van der Waals surface area contributed by atoms with Crippen LogP contribution in [0.15, 0.2) is 36.4 Å². The van der Waals surface area contributed by atoms with E-state index in [0.29, 0.717) is 12.4 Å². The zero-order valence-corrected chi connectivity index (χ0v) is 10.3. The second-order valence-electron chi connectivity index (χ2n) is 4.20. The number of rotatable bonds is 5. The number of hydrogen-bond acceptors (Lipinski definition) is 2. The summed E-state index contributed by atoms with van der Waals surface area (Å²) in [5.74, 6) is -0.278. The highest BCUT2D eigenvalue weighted by Crippen LogP contribution is 2.27. The number of ether oxygens (including phenoxy) is 1. The first-order chi connectivity index (χ1) is 8.72. The van der Waals surface area contributed by atoms with Crippen molar-refractivity contribution in [3.8, 4) is 5.75 Å². The van der Waals surface area contributed by atoms with Crippen LogP contribution in [0.4, 0.5) is 0 Å². The van der Waals surface area contributed by atoms with Crippen LogP contribution in [0.25, 0.3) is 10.8 Å². The quantitative estimate of drug-likeness (QED) is 0.815. The zero-order valence-electron chi connectivity index (χ0n) is 10.3. The topological polar surface area (TPSA) is 46.5 Å². The maximum absolute atomic E-state index is 11.1. The highest BCUT2D eigenvalue weighted by Gasteiger charge is 2.09. The average molecular weight is 244 g/mol. The van der Waals surface area contributed by atoms with Gasteiger partial charge >= 0.3 is 5.97 Å². The molecule has 2 aromatic carbocycles. The first-order valence-electron chi connectivity index (χ1n) is 6.11. The number of carboxylic acids is 1. The number of hydrogen-bond donors (Lipinski definition) is 1. The fourth-order valence-corrected chi connectivity index (χ4v) is 1.84. The monoisotopic (exact) mass is 244 g/mol. The van der Waals surface area contributed by atoms with Crippen LogP contribution in [-0.4, -0.2) is 17.7 Å². The molecular weight excluding hydrogens is 228 g/mol. The zero-order chi connectivity index (χ0) is 13.0. The molecule has 3 nitrogen and oxygen atoms in total. The predicted octanol–water partition coefficient (Wildman–Crippen LogP) is 3.72.